The highest BCUT2D eigenvalue weighted by Crippen LogP contribution is 2.32. The number of ether oxygens (including phenoxy) is 1. The van der Waals surface area contributed by atoms with Gasteiger partial charge in [0.15, 0.2) is 11.6 Å². The van der Waals surface area contributed by atoms with E-state index < -0.39 is 11.7 Å². The SMILES string of the molecule is CC(=O)c1cn(C2CCCCO2)nc1NCc1ccccc1C(F)(F)F. The van der Waals surface area contributed by atoms with Crippen LogP contribution in [-0.4, -0.2) is 22.2 Å². The fourth-order valence-electron chi connectivity index (χ4n) is 2.99. The summed E-state index contributed by atoms with van der Waals surface area (Å²) >= 11 is 0. The summed E-state index contributed by atoms with van der Waals surface area (Å²) in [7, 11) is 0. The summed E-state index contributed by atoms with van der Waals surface area (Å²) in [5.74, 6) is 0.0577. The number of hydrogen-bond donors (Lipinski definition) is 1. The van der Waals surface area contributed by atoms with E-state index in [0.717, 1.165) is 25.3 Å². The smallest absolute Gasteiger partial charge is 0.364 e. The summed E-state index contributed by atoms with van der Waals surface area (Å²) in [5, 5.41) is 7.22. The Morgan fingerprint density at radius 2 is 2.12 bits per heavy atom. The molecule has 1 N–H and O–H groups in total. The van der Waals surface area contributed by atoms with E-state index in [4.69, 9.17) is 4.74 Å². The number of nitrogens with one attached hydrogen (secondary N) is 1. The molecular formula is C18H20F3N3O2. The van der Waals surface area contributed by atoms with Crippen molar-refractivity contribution in [2.75, 3.05) is 11.9 Å². The van der Waals surface area contributed by atoms with Gasteiger partial charge in [0.2, 0.25) is 0 Å². The van der Waals surface area contributed by atoms with Gasteiger partial charge in [0, 0.05) is 19.3 Å². The summed E-state index contributed by atoms with van der Waals surface area (Å²) < 4.78 is 46.6. The summed E-state index contributed by atoms with van der Waals surface area (Å²) in [6.45, 7) is 1.94. The fraction of sp³-hybridized carbons (Fsp3) is 0.444. The highest BCUT2D eigenvalue weighted by molar-refractivity contribution is 5.98. The molecule has 0 radical (unpaired) electrons. The molecule has 1 unspecified atom stereocenters. The maximum absolute atomic E-state index is 13.1. The Hall–Kier alpha value is -2.35. The Bertz CT molecular complexity index is 780. The van der Waals surface area contributed by atoms with Crippen molar-refractivity contribution in [3.63, 3.8) is 0 Å². The molecule has 140 valence electrons. The topological polar surface area (TPSA) is 56.2 Å². The van der Waals surface area contributed by atoms with Crippen LogP contribution in [0.3, 0.4) is 0 Å². The minimum Gasteiger partial charge on any atom is -0.364 e. The van der Waals surface area contributed by atoms with Gasteiger partial charge in [-0.25, -0.2) is 4.68 Å². The van der Waals surface area contributed by atoms with Gasteiger partial charge in [-0.3, -0.25) is 4.79 Å². The van der Waals surface area contributed by atoms with E-state index in [0.29, 0.717) is 12.2 Å². The summed E-state index contributed by atoms with van der Waals surface area (Å²) in [5.41, 5.74) is -0.270. The van der Waals surface area contributed by atoms with Crippen LogP contribution in [0.2, 0.25) is 0 Å². The maximum Gasteiger partial charge on any atom is 0.416 e. The number of carbonyl (C=O) groups excluding carboxylic acids is 1. The van der Waals surface area contributed by atoms with Crippen molar-refractivity contribution in [2.24, 2.45) is 0 Å². The first-order chi connectivity index (χ1) is 12.4. The minimum absolute atomic E-state index is 0.0848. The molecule has 1 saturated heterocycles. The average Bonchev–Trinajstić information content (AvgIpc) is 3.05. The highest BCUT2D eigenvalue weighted by Gasteiger charge is 2.33. The van der Waals surface area contributed by atoms with E-state index in [-0.39, 0.29) is 29.9 Å². The van der Waals surface area contributed by atoms with E-state index in [2.05, 4.69) is 10.4 Å². The summed E-state index contributed by atoms with van der Waals surface area (Å²) in [6, 6.07) is 5.34. The van der Waals surface area contributed by atoms with E-state index in [1.807, 2.05) is 0 Å². The van der Waals surface area contributed by atoms with Gasteiger partial charge < -0.3 is 10.1 Å². The number of halogens is 3. The van der Waals surface area contributed by atoms with Crippen molar-refractivity contribution in [1.29, 1.82) is 0 Å². The van der Waals surface area contributed by atoms with Crippen LogP contribution in [0.15, 0.2) is 30.5 Å². The van der Waals surface area contributed by atoms with Crippen LogP contribution >= 0.6 is 0 Å². The first-order valence-corrected chi connectivity index (χ1v) is 8.47. The van der Waals surface area contributed by atoms with E-state index >= 15 is 0 Å². The van der Waals surface area contributed by atoms with Crippen molar-refractivity contribution in [2.45, 2.75) is 45.1 Å². The molecule has 0 aliphatic carbocycles. The number of anilines is 1. The Labute approximate surface area is 149 Å². The van der Waals surface area contributed by atoms with Gasteiger partial charge in [-0.05, 0) is 37.8 Å². The number of carbonyl (C=O) groups is 1. The quantitative estimate of drug-likeness (QED) is 0.795. The maximum atomic E-state index is 13.1. The summed E-state index contributed by atoms with van der Waals surface area (Å²) in [4.78, 5) is 11.9. The van der Waals surface area contributed by atoms with Gasteiger partial charge in [0.05, 0.1) is 11.1 Å². The number of ketones is 1. The Kier molecular flexibility index (Phi) is 5.31. The lowest BCUT2D eigenvalue weighted by Gasteiger charge is -2.22. The van der Waals surface area contributed by atoms with Gasteiger partial charge in [0.1, 0.15) is 6.23 Å². The van der Waals surface area contributed by atoms with Gasteiger partial charge in [-0.2, -0.15) is 18.3 Å². The van der Waals surface area contributed by atoms with Gasteiger partial charge in [-0.1, -0.05) is 18.2 Å². The zero-order valence-electron chi connectivity index (χ0n) is 14.3. The number of rotatable bonds is 5. The molecule has 0 amide bonds. The van der Waals surface area contributed by atoms with E-state index in [1.54, 1.807) is 16.9 Å². The van der Waals surface area contributed by atoms with Gasteiger partial charge in [0.25, 0.3) is 0 Å². The normalized spacial score (nSPS) is 17.9. The van der Waals surface area contributed by atoms with Crippen molar-refractivity contribution < 1.29 is 22.7 Å². The van der Waals surface area contributed by atoms with Crippen LogP contribution in [0.4, 0.5) is 19.0 Å². The van der Waals surface area contributed by atoms with Crippen LogP contribution in [0, 0.1) is 0 Å². The van der Waals surface area contributed by atoms with Crippen molar-refractivity contribution in [3.05, 3.63) is 47.2 Å². The third-order valence-corrected chi connectivity index (χ3v) is 4.33. The molecule has 1 aromatic carbocycles. The molecule has 26 heavy (non-hydrogen) atoms. The Morgan fingerprint density at radius 1 is 1.35 bits per heavy atom. The molecule has 0 bridgehead atoms. The lowest BCUT2D eigenvalue weighted by Crippen LogP contribution is -2.18. The molecular weight excluding hydrogens is 347 g/mol. The standard InChI is InChI=1S/C18H20F3N3O2/c1-12(25)14-11-24(16-8-4-5-9-26-16)23-17(14)22-10-13-6-2-3-7-15(13)18(19,20)21/h2-3,6-7,11,16H,4-5,8-10H2,1H3,(H,22,23). The lowest BCUT2D eigenvalue weighted by atomic mass is 10.1. The Balaban J connectivity index is 1.82. The summed E-state index contributed by atoms with van der Waals surface area (Å²) in [6.07, 6.45) is -0.319. The number of alkyl halides is 3. The van der Waals surface area contributed by atoms with E-state index in [9.17, 15) is 18.0 Å². The molecule has 3 rings (SSSR count). The van der Waals surface area contributed by atoms with Crippen LogP contribution in [0.25, 0.3) is 0 Å². The second kappa shape index (κ2) is 7.49. The number of aromatic nitrogens is 2. The fourth-order valence-corrected chi connectivity index (χ4v) is 2.99. The second-order valence-electron chi connectivity index (χ2n) is 6.26. The predicted octanol–water partition coefficient (Wildman–Crippen LogP) is 4.42. The number of nitrogens with zero attached hydrogens (tertiary/aromatic N) is 2. The predicted molar refractivity (Wildman–Crippen MR) is 89.8 cm³/mol. The van der Waals surface area contributed by atoms with Crippen LogP contribution in [0.1, 0.15) is 53.9 Å². The van der Waals surface area contributed by atoms with Crippen molar-refractivity contribution in [3.8, 4) is 0 Å². The lowest BCUT2D eigenvalue weighted by molar-refractivity contribution is -0.138. The van der Waals surface area contributed by atoms with Crippen molar-refractivity contribution in [1.82, 2.24) is 9.78 Å². The highest BCUT2D eigenvalue weighted by atomic mass is 19.4. The number of benzene rings is 1. The third-order valence-electron chi connectivity index (χ3n) is 4.33. The molecule has 1 aliphatic heterocycles. The minimum atomic E-state index is -4.43. The first kappa shape index (κ1) is 18.4. The first-order valence-electron chi connectivity index (χ1n) is 8.47. The molecule has 0 saturated carbocycles. The van der Waals surface area contributed by atoms with Crippen LogP contribution < -0.4 is 5.32 Å². The second-order valence-corrected chi connectivity index (χ2v) is 6.26. The monoisotopic (exact) mass is 367 g/mol. The molecule has 1 aromatic heterocycles. The molecule has 1 aliphatic rings. The molecule has 2 heterocycles. The number of hydrogen-bond acceptors (Lipinski definition) is 4. The molecule has 1 fully saturated rings. The molecule has 8 heteroatoms. The van der Waals surface area contributed by atoms with E-state index in [1.165, 1.54) is 19.1 Å². The molecule has 5 nitrogen and oxygen atoms in total. The third kappa shape index (κ3) is 4.07. The Morgan fingerprint density at radius 3 is 2.77 bits per heavy atom. The molecule has 1 atom stereocenters. The zero-order chi connectivity index (χ0) is 18.7. The van der Waals surface area contributed by atoms with Gasteiger partial charge >= 0.3 is 6.18 Å². The molecule has 2 aromatic rings. The van der Waals surface area contributed by atoms with Crippen LogP contribution in [0.5, 0.6) is 0 Å². The number of Topliss-reactive ketones (excluding diaryl/α,β-unsaturated/α-hetero) is 1. The average molecular weight is 367 g/mol. The zero-order valence-corrected chi connectivity index (χ0v) is 14.3. The van der Waals surface area contributed by atoms with Gasteiger partial charge in [-0.15, -0.1) is 0 Å². The molecule has 0 spiro atoms. The van der Waals surface area contributed by atoms with Crippen LogP contribution in [-0.2, 0) is 17.5 Å². The van der Waals surface area contributed by atoms with Crippen molar-refractivity contribution >= 4 is 11.6 Å². The largest absolute Gasteiger partial charge is 0.416 e.